The van der Waals surface area contributed by atoms with E-state index in [-0.39, 0.29) is 42.2 Å². The van der Waals surface area contributed by atoms with E-state index in [2.05, 4.69) is 39.3 Å². The van der Waals surface area contributed by atoms with Gasteiger partial charge in [-0.25, -0.2) is 4.98 Å². The van der Waals surface area contributed by atoms with Gasteiger partial charge in [0.1, 0.15) is 5.82 Å². The number of hydrogen-bond donors (Lipinski definition) is 2. The highest BCUT2D eigenvalue weighted by Gasteiger charge is 2.27. The highest BCUT2D eigenvalue weighted by Crippen LogP contribution is 2.22. The summed E-state index contributed by atoms with van der Waals surface area (Å²) in [5.41, 5.74) is 0.727. The van der Waals surface area contributed by atoms with Crippen LogP contribution in [0.2, 0.25) is 5.02 Å². The maximum atomic E-state index is 12.7. The summed E-state index contributed by atoms with van der Waals surface area (Å²) >= 11 is 5.81. The Morgan fingerprint density at radius 1 is 1.10 bits per heavy atom. The summed E-state index contributed by atoms with van der Waals surface area (Å²) < 4.78 is 0. The van der Waals surface area contributed by atoms with E-state index in [0.29, 0.717) is 22.6 Å². The molecule has 0 spiro atoms. The van der Waals surface area contributed by atoms with Crippen molar-refractivity contribution in [1.29, 1.82) is 0 Å². The first kappa shape index (κ1) is 26.1. The Morgan fingerprint density at radius 2 is 1.80 bits per heavy atom. The smallest absolute Gasteiger partial charge is 0.260 e. The van der Waals surface area contributed by atoms with E-state index in [1.54, 1.807) is 24.4 Å². The molecule has 30 heavy (non-hydrogen) atoms. The van der Waals surface area contributed by atoms with Gasteiger partial charge in [-0.3, -0.25) is 14.6 Å². The molecule has 2 aromatic rings. The van der Waals surface area contributed by atoms with Gasteiger partial charge in [0, 0.05) is 30.6 Å². The lowest BCUT2D eigenvalue weighted by Gasteiger charge is -2.34. The van der Waals surface area contributed by atoms with Crippen LogP contribution in [0, 0.1) is 5.92 Å². The third-order valence-corrected chi connectivity index (χ3v) is 5.15. The molecule has 1 fully saturated rings. The third-order valence-electron chi connectivity index (χ3n) is 4.92. The molecule has 0 aliphatic carbocycles. The molecule has 164 valence electrons. The quantitative estimate of drug-likeness (QED) is 0.675. The predicted octanol–water partition coefficient (Wildman–Crippen LogP) is 4.28. The second-order valence-electron chi connectivity index (χ2n) is 7.13. The van der Waals surface area contributed by atoms with Crippen LogP contribution in [0.5, 0.6) is 0 Å². The zero-order chi connectivity index (χ0) is 20.1. The normalized spacial score (nSPS) is 14.4. The van der Waals surface area contributed by atoms with Gasteiger partial charge in [0.15, 0.2) is 0 Å². The molecule has 0 unspecified atom stereocenters. The fraction of sp³-hybridized carbons (Fsp3) is 0.400. The van der Waals surface area contributed by atoms with Gasteiger partial charge in [0.05, 0.1) is 16.3 Å². The van der Waals surface area contributed by atoms with Crippen molar-refractivity contribution in [2.75, 3.05) is 23.7 Å². The van der Waals surface area contributed by atoms with E-state index in [1.807, 2.05) is 0 Å². The Balaban J connectivity index is 0.00000225. The zero-order valence-corrected chi connectivity index (χ0v) is 19.2. The van der Waals surface area contributed by atoms with Gasteiger partial charge in [-0.1, -0.05) is 11.6 Å². The van der Waals surface area contributed by atoms with E-state index in [0.717, 1.165) is 25.9 Å². The summed E-state index contributed by atoms with van der Waals surface area (Å²) in [5.74, 6) is -0.144. The number of likely N-dealkylation sites (tertiary alicyclic amines) is 1. The number of aromatic nitrogens is 2. The first-order valence-corrected chi connectivity index (χ1v) is 9.73. The Morgan fingerprint density at radius 3 is 2.40 bits per heavy atom. The van der Waals surface area contributed by atoms with Crippen molar-refractivity contribution in [3.8, 4) is 0 Å². The number of amides is 2. The Bertz CT molecular complexity index is 841. The van der Waals surface area contributed by atoms with Crippen molar-refractivity contribution < 1.29 is 9.59 Å². The van der Waals surface area contributed by atoms with Crippen molar-refractivity contribution in [3.05, 3.63) is 47.4 Å². The third kappa shape index (κ3) is 6.80. The molecule has 3 heterocycles. The summed E-state index contributed by atoms with van der Waals surface area (Å²) in [6, 6.07) is 5.36. The van der Waals surface area contributed by atoms with Gasteiger partial charge < -0.3 is 15.5 Å². The van der Waals surface area contributed by atoms with Crippen LogP contribution in [0.4, 0.5) is 11.5 Å². The van der Waals surface area contributed by atoms with E-state index in [1.165, 1.54) is 12.4 Å². The van der Waals surface area contributed by atoms with Crippen LogP contribution in [0.3, 0.4) is 0 Å². The molecule has 1 aliphatic rings. The number of pyridine rings is 2. The lowest BCUT2D eigenvalue weighted by molar-refractivity contribution is -0.121. The number of nitrogens with zero attached hydrogens (tertiary/aromatic N) is 3. The number of nitrogens with one attached hydrogen (secondary N) is 2. The summed E-state index contributed by atoms with van der Waals surface area (Å²) in [6.07, 6.45) is 6.06. The number of halogens is 3. The molecule has 3 rings (SSSR count). The maximum absolute atomic E-state index is 12.7. The minimum atomic E-state index is -0.396. The molecule has 0 saturated carbocycles. The molecule has 2 aromatic heterocycles. The monoisotopic (exact) mass is 473 g/mol. The van der Waals surface area contributed by atoms with E-state index >= 15 is 0 Å². The highest BCUT2D eigenvalue weighted by molar-refractivity contribution is 6.30. The number of anilines is 2. The summed E-state index contributed by atoms with van der Waals surface area (Å²) in [5, 5.41) is 6.07. The second kappa shape index (κ2) is 12.1. The molecule has 1 saturated heterocycles. The van der Waals surface area contributed by atoms with Crippen molar-refractivity contribution in [1.82, 2.24) is 14.9 Å². The molecular formula is C20H26Cl3N5O2. The Kier molecular flexibility index (Phi) is 10.5. The number of rotatable bonds is 5. The van der Waals surface area contributed by atoms with Gasteiger partial charge in [0.25, 0.3) is 5.91 Å². The molecule has 2 N–H and O–H groups in total. The minimum Gasteiger partial charge on any atom is -0.325 e. The number of carbonyl (C=O) groups is 2. The van der Waals surface area contributed by atoms with Crippen molar-refractivity contribution in [3.63, 3.8) is 0 Å². The maximum Gasteiger partial charge on any atom is 0.260 e. The van der Waals surface area contributed by atoms with E-state index in [9.17, 15) is 9.59 Å². The van der Waals surface area contributed by atoms with Gasteiger partial charge >= 0.3 is 0 Å². The van der Waals surface area contributed by atoms with Crippen LogP contribution >= 0.6 is 36.4 Å². The summed E-state index contributed by atoms with van der Waals surface area (Å²) in [7, 11) is 0. The fourth-order valence-corrected chi connectivity index (χ4v) is 3.34. The molecule has 10 heteroatoms. The average Bonchev–Trinajstić information content (AvgIpc) is 2.70. The lowest BCUT2D eigenvalue weighted by Crippen LogP contribution is -2.41. The van der Waals surface area contributed by atoms with Crippen LogP contribution < -0.4 is 10.6 Å². The van der Waals surface area contributed by atoms with Crippen LogP contribution in [0.15, 0.2) is 36.8 Å². The van der Waals surface area contributed by atoms with Gasteiger partial charge in [0.2, 0.25) is 5.91 Å². The number of hydrogen-bond acceptors (Lipinski definition) is 5. The molecule has 0 atom stereocenters. The fourth-order valence-electron chi connectivity index (χ4n) is 3.23. The Hall–Kier alpha value is -1.93. The standard InChI is InChI=1S/C20H24ClN5O2.2ClH/c1-13(2)26-9-6-14(7-10-26)19(27)24-17-5-8-22-12-16(17)20(28)25-18-4-3-15(21)11-23-18;;/h3-5,8,11-14H,6-7,9-10H2,1-2H3,(H,22,24,27)(H,23,25,28);2*1H. The molecule has 0 aromatic carbocycles. The van der Waals surface area contributed by atoms with Crippen LogP contribution in [-0.4, -0.2) is 45.8 Å². The molecule has 0 radical (unpaired) electrons. The first-order chi connectivity index (χ1) is 13.4. The minimum absolute atomic E-state index is 0. The van der Waals surface area contributed by atoms with Gasteiger partial charge in [-0.15, -0.1) is 24.8 Å². The summed E-state index contributed by atoms with van der Waals surface area (Å²) in [4.78, 5) is 35.8. The topological polar surface area (TPSA) is 87.2 Å². The lowest BCUT2D eigenvalue weighted by atomic mass is 9.95. The van der Waals surface area contributed by atoms with Crippen LogP contribution in [0.1, 0.15) is 37.0 Å². The van der Waals surface area contributed by atoms with Crippen LogP contribution in [0.25, 0.3) is 0 Å². The SMILES string of the molecule is CC(C)N1CCC(C(=O)Nc2ccncc2C(=O)Nc2ccc(Cl)cn2)CC1.Cl.Cl. The molecule has 1 aliphatic heterocycles. The zero-order valence-electron chi connectivity index (χ0n) is 16.8. The number of piperidine rings is 1. The summed E-state index contributed by atoms with van der Waals surface area (Å²) in [6.45, 7) is 6.14. The van der Waals surface area contributed by atoms with E-state index < -0.39 is 5.91 Å². The van der Waals surface area contributed by atoms with Crippen LogP contribution in [-0.2, 0) is 4.79 Å². The van der Waals surface area contributed by atoms with Crippen molar-refractivity contribution in [2.45, 2.75) is 32.7 Å². The number of carbonyl (C=O) groups excluding carboxylic acids is 2. The Labute approximate surface area is 193 Å². The van der Waals surface area contributed by atoms with Crippen molar-refractivity contribution in [2.24, 2.45) is 5.92 Å². The molecule has 7 nitrogen and oxygen atoms in total. The molecule has 0 bridgehead atoms. The predicted molar refractivity (Wildman–Crippen MR) is 124 cm³/mol. The molecule has 2 amide bonds. The second-order valence-corrected chi connectivity index (χ2v) is 7.57. The van der Waals surface area contributed by atoms with E-state index in [4.69, 9.17) is 11.6 Å². The van der Waals surface area contributed by atoms with Gasteiger partial charge in [-0.05, 0) is 58.0 Å². The average molecular weight is 475 g/mol. The van der Waals surface area contributed by atoms with Crippen molar-refractivity contribution >= 4 is 59.7 Å². The van der Waals surface area contributed by atoms with Gasteiger partial charge in [-0.2, -0.15) is 0 Å². The largest absolute Gasteiger partial charge is 0.325 e. The highest BCUT2D eigenvalue weighted by atomic mass is 35.5. The first-order valence-electron chi connectivity index (χ1n) is 9.36. The molecular weight excluding hydrogens is 449 g/mol.